The van der Waals surface area contributed by atoms with Crippen molar-refractivity contribution >= 4 is 23.3 Å². The fourth-order valence-corrected chi connectivity index (χ4v) is 3.97. The molecule has 0 fully saturated rings. The topological polar surface area (TPSA) is 3.88 Å². The van der Waals surface area contributed by atoms with Gasteiger partial charge in [-0.05, 0) is 18.7 Å². The van der Waals surface area contributed by atoms with Gasteiger partial charge in [0.25, 0.3) is 5.03 Å². The van der Waals surface area contributed by atoms with Gasteiger partial charge in [0.15, 0.2) is 0 Å². The van der Waals surface area contributed by atoms with E-state index in [1.165, 1.54) is 26.7 Å². The van der Waals surface area contributed by atoms with Crippen LogP contribution < -0.4 is 3.96 Å². The lowest BCUT2D eigenvalue weighted by Gasteiger charge is -1.94. The van der Waals surface area contributed by atoms with Gasteiger partial charge in [-0.1, -0.05) is 63.7 Å². The van der Waals surface area contributed by atoms with Crippen molar-refractivity contribution in [3.63, 3.8) is 0 Å². The summed E-state index contributed by atoms with van der Waals surface area (Å²) in [4.78, 5) is 1.30. The molecule has 0 radical (unpaired) electrons. The fourth-order valence-electron chi connectivity index (χ4n) is 2.08. The number of benzene rings is 2. The molecule has 0 bridgehead atoms. The molecule has 0 atom stereocenters. The van der Waals surface area contributed by atoms with E-state index in [0.717, 1.165) is 0 Å². The molecule has 0 saturated heterocycles. The van der Waals surface area contributed by atoms with E-state index in [9.17, 15) is 0 Å². The lowest BCUT2D eigenvalue weighted by molar-refractivity contribution is -0.562. The van der Waals surface area contributed by atoms with Crippen molar-refractivity contribution in [1.29, 1.82) is 0 Å². The number of nitrogens with zero attached hydrogens (tertiary/aromatic N) is 1. The maximum absolute atomic E-state index is 2.30. The van der Waals surface area contributed by atoms with Crippen LogP contribution in [0.1, 0.15) is 5.56 Å². The van der Waals surface area contributed by atoms with E-state index in [2.05, 4.69) is 77.8 Å². The zero-order valence-corrected chi connectivity index (χ0v) is 13.2. The second kappa shape index (κ2) is 5.81. The highest BCUT2D eigenvalue weighted by molar-refractivity contribution is 7.98. The Morgan fingerprint density at radius 3 is 2.30 bits per heavy atom. The summed E-state index contributed by atoms with van der Waals surface area (Å²) < 4.78 is 2.30. The Balaban J connectivity index is 2.07. The number of hydrogen-bond acceptors (Lipinski definition) is 2. The Morgan fingerprint density at radius 1 is 0.950 bits per heavy atom. The van der Waals surface area contributed by atoms with Gasteiger partial charge in [0.05, 0.1) is 0 Å². The third-order valence-electron chi connectivity index (χ3n) is 3.18. The predicted octanol–water partition coefficient (Wildman–Crippen LogP) is 4.72. The third kappa shape index (κ3) is 2.65. The molecule has 0 N–H and O–H groups in total. The van der Waals surface area contributed by atoms with Crippen molar-refractivity contribution < 1.29 is 3.96 Å². The first-order valence-corrected chi connectivity index (χ1v) is 8.50. The van der Waals surface area contributed by atoms with Crippen LogP contribution in [0.2, 0.25) is 0 Å². The first-order chi connectivity index (χ1) is 9.78. The van der Waals surface area contributed by atoms with Gasteiger partial charge >= 0.3 is 0 Å². The number of hydrogen-bond donors (Lipinski definition) is 0. The first kappa shape index (κ1) is 13.4. The first-order valence-electron chi connectivity index (χ1n) is 6.51. The Labute approximate surface area is 128 Å². The molecule has 0 aliphatic rings. The van der Waals surface area contributed by atoms with Gasteiger partial charge in [0, 0.05) is 18.2 Å². The van der Waals surface area contributed by atoms with Crippen molar-refractivity contribution in [1.82, 2.24) is 0 Å². The maximum atomic E-state index is 2.30. The molecule has 1 nitrogen and oxygen atoms in total. The Bertz CT molecular complexity index is 700. The molecule has 1 aromatic heterocycles. The van der Waals surface area contributed by atoms with Gasteiger partial charge in [-0.15, -0.1) is 0 Å². The molecular weight excluding hydrogens is 282 g/mol. The van der Waals surface area contributed by atoms with Gasteiger partial charge in [-0.25, -0.2) is 0 Å². The Morgan fingerprint density at radius 2 is 1.65 bits per heavy atom. The highest BCUT2D eigenvalue weighted by Gasteiger charge is 2.20. The summed E-state index contributed by atoms with van der Waals surface area (Å²) in [5.74, 6) is 0. The molecule has 0 aliphatic carbocycles. The summed E-state index contributed by atoms with van der Waals surface area (Å²) in [6.45, 7) is 2.12. The lowest BCUT2D eigenvalue weighted by Crippen LogP contribution is -2.26. The van der Waals surface area contributed by atoms with E-state index in [1.807, 2.05) is 0 Å². The summed E-state index contributed by atoms with van der Waals surface area (Å²) in [7, 11) is 0. The van der Waals surface area contributed by atoms with Crippen LogP contribution >= 0.6 is 23.3 Å². The van der Waals surface area contributed by atoms with Crippen molar-refractivity contribution in [2.75, 3.05) is 6.26 Å². The summed E-state index contributed by atoms with van der Waals surface area (Å²) >= 11 is 3.58. The fraction of sp³-hybridized carbons (Fsp3) is 0.118. The van der Waals surface area contributed by atoms with Crippen LogP contribution in [-0.4, -0.2) is 6.26 Å². The second-order valence-electron chi connectivity index (χ2n) is 4.64. The summed E-state index contributed by atoms with van der Waals surface area (Å²) in [6, 6.07) is 21.5. The normalized spacial score (nSPS) is 10.7. The molecular formula is C17H16NS2+. The van der Waals surface area contributed by atoms with E-state index in [4.69, 9.17) is 0 Å². The highest BCUT2D eigenvalue weighted by atomic mass is 32.2. The molecule has 2 aromatic carbocycles. The van der Waals surface area contributed by atoms with Crippen LogP contribution in [0.15, 0.2) is 65.7 Å². The molecule has 20 heavy (non-hydrogen) atoms. The molecule has 3 heteroatoms. The van der Waals surface area contributed by atoms with Crippen LogP contribution in [0.25, 0.3) is 16.1 Å². The van der Waals surface area contributed by atoms with Gasteiger partial charge < -0.3 is 0 Å². The lowest BCUT2D eigenvalue weighted by atomic mass is 10.2. The van der Waals surface area contributed by atoms with Crippen LogP contribution in [0, 0.1) is 6.92 Å². The maximum Gasteiger partial charge on any atom is 0.261 e. The molecule has 100 valence electrons. The number of rotatable bonds is 3. The molecule has 0 saturated carbocycles. The van der Waals surface area contributed by atoms with E-state index in [1.54, 1.807) is 23.3 Å². The average molecular weight is 298 g/mol. The minimum Gasteiger partial charge on any atom is -0.0887 e. The van der Waals surface area contributed by atoms with Crippen molar-refractivity contribution in [3.05, 3.63) is 66.2 Å². The van der Waals surface area contributed by atoms with Crippen molar-refractivity contribution in [2.45, 2.75) is 11.9 Å². The second-order valence-corrected chi connectivity index (χ2v) is 6.45. The molecule has 3 rings (SSSR count). The monoisotopic (exact) mass is 298 g/mol. The van der Waals surface area contributed by atoms with Crippen molar-refractivity contribution in [3.8, 4) is 16.1 Å². The smallest absolute Gasteiger partial charge is 0.0887 e. The van der Waals surface area contributed by atoms with E-state index in [-0.39, 0.29) is 0 Å². The summed E-state index contributed by atoms with van der Waals surface area (Å²) in [5.41, 5.74) is 3.80. The minimum absolute atomic E-state index is 1.23. The van der Waals surface area contributed by atoms with Crippen LogP contribution in [0.4, 0.5) is 0 Å². The van der Waals surface area contributed by atoms with Crippen LogP contribution in [-0.2, 0) is 0 Å². The number of aryl methyl sites for hydroxylation is 1. The Kier molecular flexibility index (Phi) is 3.90. The van der Waals surface area contributed by atoms with E-state index >= 15 is 0 Å². The van der Waals surface area contributed by atoms with Gasteiger partial charge in [0.2, 0.25) is 5.69 Å². The van der Waals surface area contributed by atoms with Gasteiger partial charge in [-0.3, -0.25) is 0 Å². The van der Waals surface area contributed by atoms with E-state index in [0.29, 0.717) is 0 Å². The van der Waals surface area contributed by atoms with Crippen LogP contribution in [0.5, 0.6) is 0 Å². The van der Waals surface area contributed by atoms with Crippen molar-refractivity contribution in [2.24, 2.45) is 0 Å². The minimum atomic E-state index is 1.23. The summed E-state index contributed by atoms with van der Waals surface area (Å²) in [5, 5.41) is 1.28. The highest BCUT2D eigenvalue weighted by Crippen LogP contribution is 2.28. The third-order valence-corrected chi connectivity index (χ3v) is 5.15. The standard InChI is InChI=1S/C17H16NS2/c1-13-8-10-15(11-9-13)18-17(19-2)12-16(20-18)14-6-4-3-5-7-14/h3-12H,1-2H3/q+1. The van der Waals surface area contributed by atoms with E-state index < -0.39 is 0 Å². The zero-order valence-electron chi connectivity index (χ0n) is 11.5. The van der Waals surface area contributed by atoms with Gasteiger partial charge in [0.1, 0.15) is 16.4 Å². The van der Waals surface area contributed by atoms with Gasteiger partial charge in [-0.2, -0.15) is 0 Å². The number of aromatic nitrogens is 1. The molecule has 3 aromatic rings. The molecule has 0 unspecified atom stereocenters. The quantitative estimate of drug-likeness (QED) is 0.500. The number of thioether (sulfide) groups is 1. The summed E-state index contributed by atoms with van der Waals surface area (Å²) in [6.07, 6.45) is 2.13. The SMILES string of the molecule is CSc1cc(-c2ccccc2)s[n+]1-c1ccc(C)cc1. The predicted molar refractivity (Wildman–Crippen MR) is 87.8 cm³/mol. The molecule has 1 heterocycles. The largest absolute Gasteiger partial charge is 0.261 e. The average Bonchev–Trinajstić information content (AvgIpc) is 2.93. The zero-order chi connectivity index (χ0) is 13.9. The molecule has 0 amide bonds. The molecule has 0 aliphatic heterocycles. The van der Waals surface area contributed by atoms with Crippen LogP contribution in [0.3, 0.4) is 0 Å². The molecule has 0 spiro atoms. The Hall–Kier alpha value is -1.58.